The van der Waals surface area contributed by atoms with Crippen molar-refractivity contribution in [1.29, 1.82) is 0 Å². The highest BCUT2D eigenvalue weighted by molar-refractivity contribution is 8.00. The smallest absolute Gasteiger partial charge is 0.237 e. The van der Waals surface area contributed by atoms with E-state index in [1.54, 1.807) is 4.90 Å². The normalized spacial score (nSPS) is 18.1. The van der Waals surface area contributed by atoms with Crippen LogP contribution < -0.4 is 0 Å². The number of likely N-dealkylation sites (tertiary alicyclic amines) is 1. The second-order valence-electron chi connectivity index (χ2n) is 8.11. The predicted octanol–water partition coefficient (Wildman–Crippen LogP) is 2.22. The fourth-order valence-corrected chi connectivity index (χ4v) is 4.56. The summed E-state index contributed by atoms with van der Waals surface area (Å²) in [4.78, 5) is 35.8. The van der Waals surface area contributed by atoms with Gasteiger partial charge in [0.2, 0.25) is 5.91 Å². The number of thioether (sulfide) groups is 1. The molecule has 0 aromatic rings. The molecule has 1 aliphatic heterocycles. The largest absolute Gasteiger partial charge is 0.379 e. The first-order valence-electron chi connectivity index (χ1n) is 12.5. The summed E-state index contributed by atoms with van der Waals surface area (Å²) < 4.78 is 21.5. The lowest BCUT2D eigenvalue weighted by Crippen LogP contribution is -2.35. The Morgan fingerprint density at radius 2 is 1.59 bits per heavy atom. The van der Waals surface area contributed by atoms with Crippen LogP contribution in [0, 0.1) is 0 Å². The molecular formula is C24H43NO8S. The quantitative estimate of drug-likeness (QED) is 0.156. The fourth-order valence-electron chi connectivity index (χ4n) is 3.48. The number of rotatable bonds is 24. The Morgan fingerprint density at radius 1 is 0.971 bits per heavy atom. The monoisotopic (exact) mass is 505 g/mol. The zero-order valence-electron chi connectivity index (χ0n) is 20.6. The van der Waals surface area contributed by atoms with Crippen LogP contribution in [0.1, 0.15) is 58.3 Å². The molecule has 0 aromatic carbocycles. The topological polar surface area (TPSA) is 112 Å². The molecule has 1 heterocycles. The number of unbranched alkanes of at least 4 members (excludes halogenated alkanes) is 2. The van der Waals surface area contributed by atoms with E-state index in [2.05, 4.69) is 0 Å². The van der Waals surface area contributed by atoms with Gasteiger partial charge in [-0.05, 0) is 19.3 Å². The molecule has 1 saturated heterocycles. The molecule has 2 unspecified atom stereocenters. The van der Waals surface area contributed by atoms with E-state index in [4.69, 9.17) is 18.9 Å². The van der Waals surface area contributed by atoms with Crippen molar-refractivity contribution in [1.82, 2.24) is 4.90 Å². The van der Waals surface area contributed by atoms with Gasteiger partial charge in [0.25, 0.3) is 0 Å². The Hall–Kier alpha value is -1.04. The van der Waals surface area contributed by atoms with Gasteiger partial charge in [-0.2, -0.15) is 0 Å². The third-order valence-corrected chi connectivity index (χ3v) is 6.47. The molecule has 1 N–H and O–H groups in total. The standard InChI is InChI=1S/C24H43NO8S/c1-2-7-21(27)8-4-3-5-9-25-23(28)20-22(24(25)29)34-19-18-33-17-16-32-15-14-31-13-12-30-11-6-10-26/h10,22-23,28H,2-9,11-20H2,1H3. The SMILES string of the molecule is CCCC(=O)CCCCCN1C(=O)C(SCCOCCOCCOCCOCCC=O)CC1O. The molecule has 0 saturated carbocycles. The lowest BCUT2D eigenvalue weighted by Gasteiger charge is -2.20. The minimum Gasteiger partial charge on any atom is -0.379 e. The van der Waals surface area contributed by atoms with E-state index >= 15 is 0 Å². The lowest BCUT2D eigenvalue weighted by molar-refractivity contribution is -0.133. The highest BCUT2D eigenvalue weighted by Crippen LogP contribution is 2.28. The molecule has 34 heavy (non-hydrogen) atoms. The van der Waals surface area contributed by atoms with Crippen molar-refractivity contribution in [3.8, 4) is 0 Å². The molecule has 9 nitrogen and oxygen atoms in total. The first kappa shape index (κ1) is 31.0. The van der Waals surface area contributed by atoms with Gasteiger partial charge in [0, 0.05) is 38.0 Å². The van der Waals surface area contributed by atoms with Crippen LogP contribution >= 0.6 is 11.8 Å². The van der Waals surface area contributed by atoms with E-state index in [-0.39, 0.29) is 11.2 Å². The minimum atomic E-state index is -0.717. The van der Waals surface area contributed by atoms with E-state index in [0.717, 1.165) is 32.0 Å². The molecule has 0 bridgehead atoms. The number of amides is 1. The summed E-state index contributed by atoms with van der Waals surface area (Å²) in [5.74, 6) is 0.991. The van der Waals surface area contributed by atoms with Gasteiger partial charge in [0.05, 0.1) is 58.1 Å². The fraction of sp³-hybridized carbons (Fsp3) is 0.875. The maximum absolute atomic E-state index is 12.5. The Balaban J connectivity index is 1.94. The number of hydrogen-bond donors (Lipinski definition) is 1. The number of ketones is 1. The van der Waals surface area contributed by atoms with Crippen LogP contribution in [0.3, 0.4) is 0 Å². The van der Waals surface area contributed by atoms with Crippen molar-refractivity contribution < 1.29 is 38.4 Å². The molecule has 0 spiro atoms. The number of aliphatic hydroxyl groups excluding tert-OH is 1. The number of Topliss-reactive ketones (excluding diaryl/α,β-unsaturated/α-hetero) is 1. The maximum Gasteiger partial charge on any atom is 0.237 e. The number of hydrogen-bond acceptors (Lipinski definition) is 9. The number of carbonyl (C=O) groups excluding carboxylic acids is 3. The Morgan fingerprint density at radius 3 is 2.21 bits per heavy atom. The molecule has 1 rings (SSSR count). The molecule has 0 aliphatic carbocycles. The Labute approximate surface area is 208 Å². The Kier molecular flexibility index (Phi) is 19.4. The predicted molar refractivity (Wildman–Crippen MR) is 131 cm³/mol. The van der Waals surface area contributed by atoms with Crippen LogP contribution in [0.25, 0.3) is 0 Å². The lowest BCUT2D eigenvalue weighted by atomic mass is 10.1. The van der Waals surface area contributed by atoms with Gasteiger partial charge in [0.1, 0.15) is 18.3 Å². The van der Waals surface area contributed by atoms with Crippen molar-refractivity contribution in [3.63, 3.8) is 0 Å². The van der Waals surface area contributed by atoms with Crippen molar-refractivity contribution in [2.24, 2.45) is 0 Å². The van der Waals surface area contributed by atoms with Gasteiger partial charge in [0.15, 0.2) is 0 Å². The minimum absolute atomic E-state index is 0.00275. The number of aliphatic hydroxyl groups is 1. The highest BCUT2D eigenvalue weighted by Gasteiger charge is 2.38. The maximum atomic E-state index is 12.5. The van der Waals surface area contributed by atoms with Crippen LogP contribution in [0.15, 0.2) is 0 Å². The molecular weight excluding hydrogens is 462 g/mol. The summed E-state index contributed by atoms with van der Waals surface area (Å²) in [6.07, 6.45) is 5.67. The first-order valence-corrected chi connectivity index (χ1v) is 13.5. The molecule has 1 aliphatic rings. The van der Waals surface area contributed by atoms with E-state index in [0.29, 0.717) is 96.6 Å². The second-order valence-corrected chi connectivity index (χ2v) is 9.42. The van der Waals surface area contributed by atoms with Crippen molar-refractivity contribution in [3.05, 3.63) is 0 Å². The molecule has 0 aromatic heterocycles. The molecule has 198 valence electrons. The van der Waals surface area contributed by atoms with Gasteiger partial charge in [-0.25, -0.2) is 0 Å². The molecule has 10 heteroatoms. The number of carbonyl (C=O) groups is 3. The van der Waals surface area contributed by atoms with Crippen LogP contribution in [0.5, 0.6) is 0 Å². The van der Waals surface area contributed by atoms with Crippen molar-refractivity contribution >= 4 is 29.7 Å². The molecule has 1 amide bonds. The summed E-state index contributed by atoms with van der Waals surface area (Å²) in [6.45, 7) is 6.35. The van der Waals surface area contributed by atoms with Crippen LogP contribution in [0.2, 0.25) is 0 Å². The third-order valence-electron chi connectivity index (χ3n) is 5.27. The Bertz CT molecular complexity index is 551. The van der Waals surface area contributed by atoms with Gasteiger partial charge < -0.3 is 33.7 Å². The summed E-state index contributed by atoms with van der Waals surface area (Å²) in [5.41, 5.74) is 0. The zero-order chi connectivity index (χ0) is 24.9. The van der Waals surface area contributed by atoms with E-state index in [1.165, 1.54) is 11.8 Å². The summed E-state index contributed by atoms with van der Waals surface area (Å²) >= 11 is 1.52. The molecule has 2 atom stereocenters. The highest BCUT2D eigenvalue weighted by atomic mass is 32.2. The number of ether oxygens (including phenoxy) is 4. The van der Waals surface area contributed by atoms with Gasteiger partial charge in [-0.15, -0.1) is 11.8 Å². The van der Waals surface area contributed by atoms with Crippen molar-refractivity contribution in [2.45, 2.75) is 69.8 Å². The van der Waals surface area contributed by atoms with E-state index < -0.39 is 6.23 Å². The summed E-state index contributed by atoms with van der Waals surface area (Å²) in [7, 11) is 0. The van der Waals surface area contributed by atoms with Crippen molar-refractivity contribution in [2.75, 3.05) is 65.2 Å². The first-order chi connectivity index (χ1) is 16.6. The van der Waals surface area contributed by atoms with Gasteiger partial charge in [-0.3, -0.25) is 9.59 Å². The average Bonchev–Trinajstić information content (AvgIpc) is 3.09. The van der Waals surface area contributed by atoms with E-state index in [9.17, 15) is 19.5 Å². The summed E-state index contributed by atoms with van der Waals surface area (Å²) in [5, 5.41) is 10.0. The number of aldehydes is 1. The van der Waals surface area contributed by atoms with Gasteiger partial charge in [-0.1, -0.05) is 13.3 Å². The average molecular weight is 506 g/mol. The molecule has 0 radical (unpaired) electrons. The van der Waals surface area contributed by atoms with Crippen LogP contribution in [-0.2, 0) is 33.3 Å². The third kappa shape index (κ3) is 15.1. The molecule has 1 fully saturated rings. The second kappa shape index (κ2) is 21.3. The van der Waals surface area contributed by atoms with Crippen LogP contribution in [-0.4, -0.2) is 105 Å². The van der Waals surface area contributed by atoms with E-state index in [1.807, 2.05) is 6.92 Å². The van der Waals surface area contributed by atoms with Crippen LogP contribution in [0.4, 0.5) is 0 Å². The zero-order valence-corrected chi connectivity index (χ0v) is 21.4. The number of nitrogens with zero attached hydrogens (tertiary/aromatic N) is 1. The summed E-state index contributed by atoms with van der Waals surface area (Å²) in [6, 6.07) is 0. The van der Waals surface area contributed by atoms with Gasteiger partial charge >= 0.3 is 0 Å².